The lowest BCUT2D eigenvalue weighted by Crippen LogP contribution is -2.01. The summed E-state index contributed by atoms with van der Waals surface area (Å²) in [7, 11) is 0. The van der Waals surface area contributed by atoms with E-state index < -0.39 is 0 Å². The van der Waals surface area contributed by atoms with Crippen molar-refractivity contribution >= 4 is 21.7 Å². The van der Waals surface area contributed by atoms with Crippen LogP contribution < -0.4 is 0 Å². The SMILES string of the molecule is CCCC/C=C(\N=[N+]=[N-])C(=O)c1ccc(Br)cc1. The fourth-order valence-corrected chi connectivity index (χ4v) is 1.68. The number of benzene rings is 1. The average molecular weight is 308 g/mol. The molecule has 0 spiro atoms. The molecule has 0 aliphatic heterocycles. The first-order valence-corrected chi connectivity index (χ1v) is 6.54. The average Bonchev–Trinajstić information content (AvgIpc) is 2.38. The smallest absolute Gasteiger partial charge is 0.195 e. The molecule has 4 nitrogen and oxygen atoms in total. The quantitative estimate of drug-likeness (QED) is 0.182. The number of azide groups is 1. The van der Waals surface area contributed by atoms with Crippen molar-refractivity contribution in [3.8, 4) is 0 Å². The Kier molecular flexibility index (Phi) is 6.19. The first-order chi connectivity index (χ1) is 8.69. The summed E-state index contributed by atoms with van der Waals surface area (Å²) in [4.78, 5) is 14.8. The van der Waals surface area contributed by atoms with E-state index in [1.54, 1.807) is 30.3 Å². The fraction of sp³-hybridized carbons (Fsp3) is 0.308. The number of ketones is 1. The van der Waals surface area contributed by atoms with Gasteiger partial charge < -0.3 is 0 Å². The number of halogens is 1. The third kappa shape index (κ3) is 4.35. The number of nitrogens with zero attached hydrogens (tertiary/aromatic N) is 3. The summed E-state index contributed by atoms with van der Waals surface area (Å²) >= 11 is 3.31. The fourth-order valence-electron chi connectivity index (χ4n) is 1.42. The van der Waals surface area contributed by atoms with Gasteiger partial charge in [-0.2, -0.15) is 0 Å². The Morgan fingerprint density at radius 2 is 2.11 bits per heavy atom. The molecule has 0 unspecified atom stereocenters. The highest BCUT2D eigenvalue weighted by Gasteiger charge is 2.10. The molecule has 0 N–H and O–H groups in total. The van der Waals surface area contributed by atoms with Gasteiger partial charge in [-0.3, -0.25) is 4.79 Å². The van der Waals surface area contributed by atoms with Crippen LogP contribution in [-0.2, 0) is 0 Å². The molecule has 0 aliphatic carbocycles. The van der Waals surface area contributed by atoms with Gasteiger partial charge in [0.15, 0.2) is 5.78 Å². The van der Waals surface area contributed by atoms with Gasteiger partial charge in [-0.1, -0.05) is 46.9 Å². The Bertz CT molecular complexity index is 487. The van der Waals surface area contributed by atoms with Crippen molar-refractivity contribution < 1.29 is 4.79 Å². The molecule has 5 heteroatoms. The van der Waals surface area contributed by atoms with E-state index in [2.05, 4.69) is 32.9 Å². The number of unbranched alkanes of at least 4 members (excludes halogenated alkanes) is 2. The Morgan fingerprint density at radius 3 is 2.67 bits per heavy atom. The first kappa shape index (κ1) is 14.5. The van der Waals surface area contributed by atoms with Crippen LogP contribution in [0.15, 0.2) is 45.6 Å². The number of rotatable bonds is 6. The molecule has 0 aromatic heterocycles. The van der Waals surface area contributed by atoms with E-state index in [0.717, 1.165) is 23.7 Å². The molecule has 1 rings (SSSR count). The molecule has 1 aromatic carbocycles. The lowest BCUT2D eigenvalue weighted by molar-refractivity contribution is 0.103. The maximum absolute atomic E-state index is 12.1. The highest BCUT2D eigenvalue weighted by molar-refractivity contribution is 9.10. The van der Waals surface area contributed by atoms with Crippen molar-refractivity contribution in [1.29, 1.82) is 0 Å². The van der Waals surface area contributed by atoms with Crippen molar-refractivity contribution in [3.63, 3.8) is 0 Å². The molecular weight excluding hydrogens is 294 g/mol. The van der Waals surface area contributed by atoms with E-state index in [4.69, 9.17) is 5.53 Å². The highest BCUT2D eigenvalue weighted by Crippen LogP contribution is 2.15. The molecule has 0 heterocycles. The molecule has 94 valence electrons. The molecule has 0 saturated heterocycles. The molecule has 0 aliphatic rings. The Morgan fingerprint density at radius 1 is 1.44 bits per heavy atom. The second kappa shape index (κ2) is 7.69. The van der Waals surface area contributed by atoms with E-state index in [1.807, 2.05) is 0 Å². The maximum Gasteiger partial charge on any atom is 0.195 e. The van der Waals surface area contributed by atoms with Gasteiger partial charge in [0.05, 0.1) is 5.70 Å². The van der Waals surface area contributed by atoms with Crippen molar-refractivity contribution in [2.45, 2.75) is 26.2 Å². The standard InChI is InChI=1S/C13H14BrN3O/c1-2-3-4-5-12(16-17-15)13(18)10-6-8-11(14)9-7-10/h5-9H,2-4H2,1H3/b12-5-. The van der Waals surface area contributed by atoms with Crippen LogP contribution in [0.2, 0.25) is 0 Å². The molecule has 18 heavy (non-hydrogen) atoms. The summed E-state index contributed by atoms with van der Waals surface area (Å²) in [5, 5.41) is 3.48. The lowest BCUT2D eigenvalue weighted by Gasteiger charge is -2.01. The molecule has 1 aromatic rings. The van der Waals surface area contributed by atoms with E-state index in [9.17, 15) is 4.79 Å². The number of Topliss-reactive ketones (excluding diaryl/α,β-unsaturated/α-hetero) is 1. The highest BCUT2D eigenvalue weighted by atomic mass is 79.9. The molecule has 0 radical (unpaired) electrons. The zero-order valence-electron chi connectivity index (χ0n) is 10.1. The van der Waals surface area contributed by atoms with Crippen molar-refractivity contribution in [3.05, 3.63) is 56.5 Å². The van der Waals surface area contributed by atoms with Crippen LogP contribution in [-0.4, -0.2) is 5.78 Å². The van der Waals surface area contributed by atoms with Crippen LogP contribution in [0.5, 0.6) is 0 Å². The first-order valence-electron chi connectivity index (χ1n) is 5.74. The molecule has 0 saturated carbocycles. The Hall–Kier alpha value is -1.58. The zero-order chi connectivity index (χ0) is 13.4. The zero-order valence-corrected chi connectivity index (χ0v) is 11.7. The third-order valence-corrected chi connectivity index (χ3v) is 2.92. The molecular formula is C13H14BrN3O. The molecule has 0 bridgehead atoms. The summed E-state index contributed by atoms with van der Waals surface area (Å²) < 4.78 is 0.902. The predicted molar refractivity (Wildman–Crippen MR) is 75.2 cm³/mol. The molecule has 0 fully saturated rings. The number of carbonyl (C=O) groups excluding carboxylic acids is 1. The third-order valence-electron chi connectivity index (χ3n) is 2.39. The lowest BCUT2D eigenvalue weighted by atomic mass is 10.1. The summed E-state index contributed by atoms with van der Waals surface area (Å²) in [5.74, 6) is -0.239. The molecule has 0 amide bonds. The van der Waals surface area contributed by atoms with Gasteiger partial charge in [-0.05, 0) is 36.2 Å². The van der Waals surface area contributed by atoms with Crippen LogP contribution in [0.1, 0.15) is 36.5 Å². The van der Waals surface area contributed by atoms with Gasteiger partial charge in [-0.15, -0.1) is 0 Å². The van der Waals surface area contributed by atoms with Gasteiger partial charge in [0.25, 0.3) is 0 Å². The predicted octanol–water partition coefficient (Wildman–Crippen LogP) is 5.02. The normalized spacial score (nSPS) is 10.9. The number of hydrogen-bond donors (Lipinski definition) is 0. The van der Waals surface area contributed by atoms with E-state index in [-0.39, 0.29) is 11.5 Å². The minimum Gasteiger partial charge on any atom is -0.289 e. The summed E-state index contributed by atoms with van der Waals surface area (Å²) in [5.41, 5.74) is 9.19. The number of hydrogen-bond acceptors (Lipinski definition) is 2. The van der Waals surface area contributed by atoms with Gasteiger partial charge in [0, 0.05) is 14.9 Å². The molecule has 0 atom stereocenters. The Labute approximate surface area is 114 Å². The van der Waals surface area contributed by atoms with Gasteiger partial charge in [0.1, 0.15) is 0 Å². The monoisotopic (exact) mass is 307 g/mol. The second-order valence-corrected chi connectivity index (χ2v) is 4.67. The van der Waals surface area contributed by atoms with E-state index in [1.165, 1.54) is 0 Å². The number of carbonyl (C=O) groups is 1. The van der Waals surface area contributed by atoms with Crippen LogP contribution in [0.25, 0.3) is 10.4 Å². The van der Waals surface area contributed by atoms with Crippen LogP contribution in [0.4, 0.5) is 0 Å². The van der Waals surface area contributed by atoms with Gasteiger partial charge in [0.2, 0.25) is 0 Å². The topological polar surface area (TPSA) is 65.8 Å². The van der Waals surface area contributed by atoms with Gasteiger partial charge in [-0.25, -0.2) is 0 Å². The minimum absolute atomic E-state index is 0.174. The number of allylic oxidation sites excluding steroid dienone is 2. The Balaban J connectivity index is 2.92. The van der Waals surface area contributed by atoms with Crippen molar-refractivity contribution in [2.24, 2.45) is 5.11 Å². The van der Waals surface area contributed by atoms with Crippen molar-refractivity contribution in [1.82, 2.24) is 0 Å². The van der Waals surface area contributed by atoms with Crippen molar-refractivity contribution in [2.75, 3.05) is 0 Å². The van der Waals surface area contributed by atoms with Crippen LogP contribution in [0, 0.1) is 0 Å². The maximum atomic E-state index is 12.1. The summed E-state index contributed by atoms with van der Waals surface area (Å²) in [6.07, 6.45) is 4.45. The van der Waals surface area contributed by atoms with Crippen LogP contribution in [0.3, 0.4) is 0 Å². The largest absolute Gasteiger partial charge is 0.289 e. The summed E-state index contributed by atoms with van der Waals surface area (Å²) in [6.45, 7) is 2.07. The summed E-state index contributed by atoms with van der Waals surface area (Å²) in [6, 6.07) is 6.97. The second-order valence-electron chi connectivity index (χ2n) is 3.76. The van der Waals surface area contributed by atoms with E-state index >= 15 is 0 Å². The van der Waals surface area contributed by atoms with Crippen LogP contribution >= 0.6 is 15.9 Å². The minimum atomic E-state index is -0.239. The van der Waals surface area contributed by atoms with E-state index in [0.29, 0.717) is 5.56 Å². The van der Waals surface area contributed by atoms with Gasteiger partial charge >= 0.3 is 0 Å².